The molecule has 1 amide bonds. The van der Waals surface area contributed by atoms with E-state index in [-0.39, 0.29) is 16.9 Å². The Morgan fingerprint density at radius 2 is 1.72 bits per heavy atom. The van der Waals surface area contributed by atoms with Gasteiger partial charge in [0.1, 0.15) is 11.5 Å². The molecule has 3 heterocycles. The van der Waals surface area contributed by atoms with Crippen molar-refractivity contribution in [3.63, 3.8) is 0 Å². The van der Waals surface area contributed by atoms with Gasteiger partial charge in [0.25, 0.3) is 0 Å². The van der Waals surface area contributed by atoms with Crippen molar-refractivity contribution >= 4 is 32.6 Å². The summed E-state index contributed by atoms with van der Waals surface area (Å²) in [7, 11) is -3.90. The maximum atomic E-state index is 13.9. The second-order valence-corrected chi connectivity index (χ2v) is 11.4. The SMILES string of the molecule is CC(=O)NCCNc1nc(-c2ccccc2)nc2[nH]c(C(OC3CCNCC3)S(=O)(=O)c3ccccc3)cc12. The van der Waals surface area contributed by atoms with Crippen LogP contribution in [0.4, 0.5) is 5.82 Å². The molecule has 1 saturated heterocycles. The zero-order chi connectivity index (χ0) is 27.2. The molecule has 1 aliphatic rings. The Hall–Kier alpha value is -3.80. The average Bonchev–Trinajstić information content (AvgIpc) is 3.39. The van der Waals surface area contributed by atoms with Crippen LogP contribution in [-0.4, -0.2) is 61.6 Å². The van der Waals surface area contributed by atoms with Crippen molar-refractivity contribution in [1.82, 2.24) is 25.6 Å². The summed E-state index contributed by atoms with van der Waals surface area (Å²) >= 11 is 0. The normalized spacial score (nSPS) is 15.2. The maximum absolute atomic E-state index is 13.9. The minimum Gasteiger partial charge on any atom is -0.368 e. The smallest absolute Gasteiger partial charge is 0.216 e. The first-order valence-electron chi connectivity index (χ1n) is 13.0. The van der Waals surface area contributed by atoms with Crippen molar-refractivity contribution in [3.05, 3.63) is 72.4 Å². The summed E-state index contributed by atoms with van der Waals surface area (Å²) in [6.45, 7) is 3.83. The standard InChI is InChI=1S/C28H32N6O4S/c1-19(35)30-16-17-31-26-23-18-24(32-27(23)34-25(33-26)20-8-4-2-5-9-20)28(38-21-12-14-29-15-13-21)39(36,37)22-10-6-3-7-11-22/h2-11,18,21,28-29H,12-17H2,1H3,(H,30,35)(H2,31,32,33,34). The molecular weight excluding hydrogens is 516 g/mol. The van der Waals surface area contributed by atoms with E-state index in [1.54, 1.807) is 36.4 Å². The van der Waals surface area contributed by atoms with Gasteiger partial charge in [0.05, 0.1) is 22.1 Å². The number of nitrogens with one attached hydrogen (secondary N) is 4. The van der Waals surface area contributed by atoms with Crippen LogP contribution < -0.4 is 16.0 Å². The number of hydrogen-bond acceptors (Lipinski definition) is 8. The molecule has 10 nitrogen and oxygen atoms in total. The molecule has 1 atom stereocenters. The van der Waals surface area contributed by atoms with Crippen LogP contribution in [0.15, 0.2) is 71.6 Å². The third kappa shape index (κ3) is 6.27. The van der Waals surface area contributed by atoms with Crippen LogP contribution in [0.1, 0.15) is 30.9 Å². The zero-order valence-corrected chi connectivity index (χ0v) is 22.5. The molecular formula is C28H32N6O4S. The van der Waals surface area contributed by atoms with E-state index in [0.717, 1.165) is 31.5 Å². The van der Waals surface area contributed by atoms with Gasteiger partial charge in [-0.25, -0.2) is 18.4 Å². The number of carbonyl (C=O) groups excluding carboxylic acids is 1. The highest BCUT2D eigenvalue weighted by atomic mass is 32.2. The fourth-order valence-electron chi connectivity index (χ4n) is 4.58. The van der Waals surface area contributed by atoms with Gasteiger partial charge in [0, 0.05) is 25.6 Å². The quantitative estimate of drug-likeness (QED) is 0.221. The van der Waals surface area contributed by atoms with Crippen molar-refractivity contribution in [2.24, 2.45) is 0 Å². The minimum absolute atomic E-state index is 0.123. The number of anilines is 1. The number of aromatic nitrogens is 3. The van der Waals surface area contributed by atoms with E-state index in [1.807, 2.05) is 30.3 Å². The molecule has 0 bridgehead atoms. The van der Waals surface area contributed by atoms with Crippen LogP contribution in [0.2, 0.25) is 0 Å². The fraction of sp³-hybridized carbons (Fsp3) is 0.321. The number of rotatable bonds is 10. The van der Waals surface area contributed by atoms with Crippen molar-refractivity contribution in [1.29, 1.82) is 0 Å². The molecule has 0 aliphatic carbocycles. The second kappa shape index (κ2) is 11.9. The Labute approximate surface area is 227 Å². The molecule has 11 heteroatoms. The molecule has 4 N–H and O–H groups in total. The summed E-state index contributed by atoms with van der Waals surface area (Å²) in [6, 6.07) is 19.6. The average molecular weight is 549 g/mol. The lowest BCUT2D eigenvalue weighted by Crippen LogP contribution is -2.34. The van der Waals surface area contributed by atoms with Crippen molar-refractivity contribution in [3.8, 4) is 11.4 Å². The predicted octanol–water partition coefficient (Wildman–Crippen LogP) is 3.41. The van der Waals surface area contributed by atoms with Gasteiger partial charge in [0.15, 0.2) is 5.82 Å². The molecule has 1 aliphatic heterocycles. The van der Waals surface area contributed by atoms with Crippen molar-refractivity contribution < 1.29 is 17.9 Å². The summed E-state index contributed by atoms with van der Waals surface area (Å²) in [5.41, 5.74) is 0.448. The Morgan fingerprint density at radius 1 is 1.03 bits per heavy atom. The van der Waals surface area contributed by atoms with E-state index in [0.29, 0.717) is 41.5 Å². The van der Waals surface area contributed by atoms with Gasteiger partial charge in [-0.3, -0.25) is 4.79 Å². The molecule has 0 saturated carbocycles. The second-order valence-electron chi connectivity index (χ2n) is 9.43. The number of sulfone groups is 1. The van der Waals surface area contributed by atoms with Gasteiger partial charge in [-0.05, 0) is 44.1 Å². The molecule has 1 unspecified atom stereocenters. The number of benzene rings is 2. The van der Waals surface area contributed by atoms with Crippen LogP contribution in [0.5, 0.6) is 0 Å². The zero-order valence-electron chi connectivity index (χ0n) is 21.7. The number of piperidine rings is 1. The number of amides is 1. The molecule has 0 spiro atoms. The Bertz CT molecular complexity index is 1520. The molecule has 204 valence electrons. The first-order chi connectivity index (χ1) is 18.9. The first-order valence-corrected chi connectivity index (χ1v) is 14.6. The summed E-state index contributed by atoms with van der Waals surface area (Å²) in [5.74, 6) is 0.896. The Kier molecular flexibility index (Phi) is 8.20. The van der Waals surface area contributed by atoms with Gasteiger partial charge in [-0.2, -0.15) is 0 Å². The molecule has 4 aromatic rings. The highest BCUT2D eigenvalue weighted by Crippen LogP contribution is 2.35. The third-order valence-electron chi connectivity index (χ3n) is 6.54. The first kappa shape index (κ1) is 26.8. The predicted molar refractivity (Wildman–Crippen MR) is 150 cm³/mol. The number of ether oxygens (including phenoxy) is 1. The summed E-state index contributed by atoms with van der Waals surface area (Å²) in [6.07, 6.45) is 1.23. The van der Waals surface area contributed by atoms with Crippen LogP contribution in [0, 0.1) is 0 Å². The van der Waals surface area contributed by atoms with E-state index in [1.165, 1.54) is 6.92 Å². The topological polar surface area (TPSA) is 138 Å². The van der Waals surface area contributed by atoms with E-state index >= 15 is 0 Å². The molecule has 2 aromatic heterocycles. The van der Waals surface area contributed by atoms with Crippen LogP contribution in [0.25, 0.3) is 22.4 Å². The summed E-state index contributed by atoms with van der Waals surface area (Å²) in [5, 5.41) is 9.96. The molecule has 5 rings (SSSR count). The van der Waals surface area contributed by atoms with E-state index in [2.05, 4.69) is 20.9 Å². The number of H-pyrrole nitrogens is 1. The number of carbonyl (C=O) groups is 1. The number of hydrogen-bond donors (Lipinski definition) is 4. The van der Waals surface area contributed by atoms with E-state index in [4.69, 9.17) is 14.7 Å². The lowest BCUT2D eigenvalue weighted by atomic mass is 10.1. The third-order valence-corrected chi connectivity index (χ3v) is 8.40. The van der Waals surface area contributed by atoms with E-state index < -0.39 is 15.3 Å². The lowest BCUT2D eigenvalue weighted by molar-refractivity contribution is -0.118. The minimum atomic E-state index is -3.90. The van der Waals surface area contributed by atoms with Gasteiger partial charge in [0.2, 0.25) is 21.2 Å². The Balaban J connectivity index is 1.57. The van der Waals surface area contributed by atoms with Crippen molar-refractivity contribution in [2.75, 3.05) is 31.5 Å². The van der Waals surface area contributed by atoms with Crippen LogP contribution in [-0.2, 0) is 19.4 Å². The van der Waals surface area contributed by atoms with Gasteiger partial charge in [-0.15, -0.1) is 0 Å². The monoisotopic (exact) mass is 548 g/mol. The summed E-state index contributed by atoms with van der Waals surface area (Å²) < 4.78 is 34.1. The van der Waals surface area contributed by atoms with Gasteiger partial charge >= 0.3 is 0 Å². The highest BCUT2D eigenvalue weighted by Gasteiger charge is 2.34. The lowest BCUT2D eigenvalue weighted by Gasteiger charge is -2.27. The molecule has 0 radical (unpaired) electrons. The van der Waals surface area contributed by atoms with Gasteiger partial charge < -0.3 is 25.7 Å². The van der Waals surface area contributed by atoms with Gasteiger partial charge in [-0.1, -0.05) is 48.5 Å². The number of nitrogens with zero attached hydrogens (tertiary/aromatic N) is 2. The maximum Gasteiger partial charge on any atom is 0.216 e. The van der Waals surface area contributed by atoms with Crippen LogP contribution >= 0.6 is 0 Å². The number of aromatic amines is 1. The fourth-order valence-corrected chi connectivity index (χ4v) is 6.13. The van der Waals surface area contributed by atoms with Crippen LogP contribution in [0.3, 0.4) is 0 Å². The Morgan fingerprint density at radius 3 is 2.41 bits per heavy atom. The molecule has 1 fully saturated rings. The summed E-state index contributed by atoms with van der Waals surface area (Å²) in [4.78, 5) is 24.2. The largest absolute Gasteiger partial charge is 0.368 e. The van der Waals surface area contributed by atoms with Crippen molar-refractivity contribution in [2.45, 2.75) is 36.2 Å². The molecule has 39 heavy (non-hydrogen) atoms. The van der Waals surface area contributed by atoms with E-state index in [9.17, 15) is 13.2 Å². The highest BCUT2D eigenvalue weighted by molar-refractivity contribution is 7.91. The molecule has 2 aromatic carbocycles. The number of fused-ring (bicyclic) bond motifs is 1.